The minimum absolute atomic E-state index is 0.115. The number of amides is 1. The third-order valence-corrected chi connectivity index (χ3v) is 2.69. The zero-order chi connectivity index (χ0) is 14.3. The Kier molecular flexibility index (Phi) is 6.59. The Morgan fingerprint density at radius 3 is 2.74 bits per heavy atom. The Morgan fingerprint density at radius 2 is 2.16 bits per heavy atom. The van der Waals surface area contributed by atoms with Crippen molar-refractivity contribution in [2.45, 2.75) is 0 Å². The molecule has 0 saturated heterocycles. The number of hydrogen-bond acceptors (Lipinski definition) is 3. The van der Waals surface area contributed by atoms with Gasteiger partial charge in [0.15, 0.2) is 11.6 Å². The highest BCUT2D eigenvalue weighted by Gasteiger charge is 2.14. The molecule has 6 heteroatoms. The SMILES string of the molecule is COc1ccc(C(=O)N(C)CCOCCCl)cc1F. The van der Waals surface area contributed by atoms with E-state index < -0.39 is 5.82 Å². The van der Waals surface area contributed by atoms with Gasteiger partial charge in [0.2, 0.25) is 0 Å². The van der Waals surface area contributed by atoms with Crippen molar-refractivity contribution in [1.82, 2.24) is 4.90 Å². The van der Waals surface area contributed by atoms with Gasteiger partial charge in [-0.3, -0.25) is 4.79 Å². The number of alkyl halides is 1. The number of methoxy groups -OCH3 is 1. The van der Waals surface area contributed by atoms with Crippen LogP contribution in [-0.4, -0.2) is 50.6 Å². The summed E-state index contributed by atoms with van der Waals surface area (Å²) in [6.07, 6.45) is 0. The van der Waals surface area contributed by atoms with Crippen LogP contribution < -0.4 is 4.74 Å². The molecule has 19 heavy (non-hydrogen) atoms. The number of nitrogens with zero attached hydrogens (tertiary/aromatic N) is 1. The summed E-state index contributed by atoms with van der Waals surface area (Å²) in [5.74, 6) is -0.290. The smallest absolute Gasteiger partial charge is 0.253 e. The second-order valence-electron chi connectivity index (χ2n) is 3.88. The van der Waals surface area contributed by atoms with Gasteiger partial charge in [0, 0.05) is 25.0 Å². The lowest BCUT2D eigenvalue weighted by atomic mass is 10.2. The number of ether oxygens (including phenoxy) is 2. The average Bonchev–Trinajstić information content (AvgIpc) is 2.42. The Morgan fingerprint density at radius 1 is 1.42 bits per heavy atom. The molecule has 1 aromatic rings. The quantitative estimate of drug-likeness (QED) is 0.570. The maximum Gasteiger partial charge on any atom is 0.253 e. The summed E-state index contributed by atoms with van der Waals surface area (Å²) < 4.78 is 23.5. The largest absolute Gasteiger partial charge is 0.494 e. The van der Waals surface area contributed by atoms with Crippen LogP contribution in [0.1, 0.15) is 10.4 Å². The molecule has 0 aliphatic carbocycles. The normalized spacial score (nSPS) is 10.3. The van der Waals surface area contributed by atoms with E-state index in [0.717, 1.165) is 6.07 Å². The second kappa shape index (κ2) is 7.96. The summed E-state index contributed by atoms with van der Waals surface area (Å²) >= 11 is 5.46. The van der Waals surface area contributed by atoms with E-state index in [-0.39, 0.29) is 17.2 Å². The van der Waals surface area contributed by atoms with Crippen molar-refractivity contribution in [2.24, 2.45) is 0 Å². The maximum atomic E-state index is 13.5. The van der Waals surface area contributed by atoms with E-state index in [2.05, 4.69) is 0 Å². The molecular weight excluding hydrogens is 273 g/mol. The number of halogens is 2. The first-order valence-electron chi connectivity index (χ1n) is 5.83. The van der Waals surface area contributed by atoms with Gasteiger partial charge in [0.25, 0.3) is 5.91 Å². The molecule has 0 saturated carbocycles. The number of rotatable bonds is 7. The van der Waals surface area contributed by atoms with E-state index in [1.807, 2.05) is 0 Å². The Bertz CT molecular complexity index is 428. The van der Waals surface area contributed by atoms with Gasteiger partial charge in [-0.2, -0.15) is 0 Å². The van der Waals surface area contributed by atoms with Crippen molar-refractivity contribution in [2.75, 3.05) is 39.8 Å². The third kappa shape index (κ3) is 4.69. The fraction of sp³-hybridized carbons (Fsp3) is 0.462. The number of carbonyl (C=O) groups is 1. The van der Waals surface area contributed by atoms with Crippen molar-refractivity contribution >= 4 is 17.5 Å². The molecule has 0 radical (unpaired) electrons. The predicted octanol–water partition coefficient (Wildman–Crippen LogP) is 2.16. The topological polar surface area (TPSA) is 38.8 Å². The van der Waals surface area contributed by atoms with Crippen LogP contribution in [0.2, 0.25) is 0 Å². The van der Waals surface area contributed by atoms with Crippen LogP contribution in [0.3, 0.4) is 0 Å². The number of benzene rings is 1. The standard InChI is InChI=1S/C13H17ClFNO3/c1-16(6-8-19-7-5-14)13(17)10-3-4-12(18-2)11(15)9-10/h3-4,9H,5-8H2,1-2H3. The molecule has 0 heterocycles. The lowest BCUT2D eigenvalue weighted by Gasteiger charge is -2.17. The van der Waals surface area contributed by atoms with Crippen LogP contribution in [0, 0.1) is 5.82 Å². The Labute approximate surface area is 117 Å². The number of carbonyl (C=O) groups excluding carboxylic acids is 1. The molecule has 0 aliphatic heterocycles. The fourth-order valence-corrected chi connectivity index (χ4v) is 1.59. The van der Waals surface area contributed by atoms with E-state index in [1.54, 1.807) is 7.05 Å². The lowest BCUT2D eigenvalue weighted by Crippen LogP contribution is -2.30. The Hall–Kier alpha value is -1.33. The summed E-state index contributed by atoms with van der Waals surface area (Å²) in [7, 11) is 3.01. The fourth-order valence-electron chi connectivity index (χ4n) is 1.48. The van der Waals surface area contributed by atoms with Gasteiger partial charge in [-0.1, -0.05) is 0 Å². The van der Waals surface area contributed by atoms with Gasteiger partial charge in [-0.15, -0.1) is 11.6 Å². The van der Waals surface area contributed by atoms with Crippen molar-refractivity contribution < 1.29 is 18.7 Å². The van der Waals surface area contributed by atoms with E-state index in [4.69, 9.17) is 21.1 Å². The molecule has 0 unspecified atom stereocenters. The second-order valence-corrected chi connectivity index (χ2v) is 4.26. The van der Waals surface area contributed by atoms with Gasteiger partial charge in [-0.05, 0) is 18.2 Å². The molecule has 1 rings (SSSR count). The van der Waals surface area contributed by atoms with Crippen LogP contribution in [0.4, 0.5) is 4.39 Å². The van der Waals surface area contributed by atoms with Crippen LogP contribution >= 0.6 is 11.6 Å². The van der Waals surface area contributed by atoms with Crippen molar-refractivity contribution in [1.29, 1.82) is 0 Å². The number of hydrogen-bond donors (Lipinski definition) is 0. The summed E-state index contributed by atoms with van der Waals surface area (Å²) in [5, 5.41) is 0. The summed E-state index contributed by atoms with van der Waals surface area (Å²) in [5.41, 5.74) is 0.276. The van der Waals surface area contributed by atoms with Crippen molar-refractivity contribution in [3.8, 4) is 5.75 Å². The van der Waals surface area contributed by atoms with Crippen LogP contribution in [0.25, 0.3) is 0 Å². The van der Waals surface area contributed by atoms with Gasteiger partial charge in [0.05, 0.1) is 20.3 Å². The minimum Gasteiger partial charge on any atom is -0.494 e. The van der Waals surface area contributed by atoms with E-state index in [0.29, 0.717) is 25.6 Å². The summed E-state index contributed by atoms with van der Waals surface area (Å²) in [4.78, 5) is 13.5. The first kappa shape index (κ1) is 15.7. The van der Waals surface area contributed by atoms with Gasteiger partial charge in [-0.25, -0.2) is 4.39 Å². The number of likely N-dealkylation sites (N-methyl/N-ethyl adjacent to an activating group) is 1. The third-order valence-electron chi connectivity index (χ3n) is 2.54. The van der Waals surface area contributed by atoms with Gasteiger partial charge >= 0.3 is 0 Å². The molecule has 0 bridgehead atoms. The lowest BCUT2D eigenvalue weighted by molar-refractivity contribution is 0.0711. The van der Waals surface area contributed by atoms with E-state index in [9.17, 15) is 9.18 Å². The van der Waals surface area contributed by atoms with Crippen LogP contribution in [0.15, 0.2) is 18.2 Å². The molecule has 0 aromatic heterocycles. The van der Waals surface area contributed by atoms with Crippen LogP contribution in [0.5, 0.6) is 5.75 Å². The zero-order valence-electron chi connectivity index (χ0n) is 11.0. The first-order valence-corrected chi connectivity index (χ1v) is 6.36. The Balaban J connectivity index is 2.59. The average molecular weight is 290 g/mol. The van der Waals surface area contributed by atoms with Crippen molar-refractivity contribution in [3.05, 3.63) is 29.6 Å². The molecular formula is C13H17ClFNO3. The molecule has 0 fully saturated rings. The first-order chi connectivity index (χ1) is 9.10. The highest BCUT2D eigenvalue weighted by atomic mass is 35.5. The summed E-state index contributed by atoms with van der Waals surface area (Å²) in [6.45, 7) is 1.26. The molecule has 106 valence electrons. The highest BCUT2D eigenvalue weighted by molar-refractivity contribution is 6.17. The van der Waals surface area contributed by atoms with E-state index in [1.165, 1.54) is 24.1 Å². The molecule has 0 atom stereocenters. The van der Waals surface area contributed by atoms with Gasteiger partial charge in [0.1, 0.15) is 0 Å². The minimum atomic E-state index is -0.555. The highest BCUT2D eigenvalue weighted by Crippen LogP contribution is 2.18. The van der Waals surface area contributed by atoms with Crippen LogP contribution in [-0.2, 0) is 4.74 Å². The predicted molar refractivity (Wildman–Crippen MR) is 71.5 cm³/mol. The van der Waals surface area contributed by atoms with Crippen molar-refractivity contribution in [3.63, 3.8) is 0 Å². The summed E-state index contributed by atoms with van der Waals surface area (Å²) in [6, 6.07) is 4.12. The molecule has 4 nitrogen and oxygen atoms in total. The zero-order valence-corrected chi connectivity index (χ0v) is 11.7. The van der Waals surface area contributed by atoms with Gasteiger partial charge < -0.3 is 14.4 Å². The molecule has 0 aliphatic rings. The molecule has 0 N–H and O–H groups in total. The molecule has 0 spiro atoms. The van der Waals surface area contributed by atoms with E-state index >= 15 is 0 Å². The monoisotopic (exact) mass is 289 g/mol. The molecule has 1 amide bonds. The maximum absolute atomic E-state index is 13.5. The molecule has 1 aromatic carbocycles.